The first-order valence-corrected chi connectivity index (χ1v) is 15.0. The first-order chi connectivity index (χ1) is 20.2. The molecule has 4 aromatic rings. The minimum absolute atomic E-state index is 0.288. The van der Waals surface area contributed by atoms with E-state index in [0.29, 0.717) is 51.3 Å². The van der Waals surface area contributed by atoms with Crippen LogP contribution in [0.4, 0.5) is 5.95 Å². The number of allylic oxidation sites excluding steroid dienone is 1. The lowest BCUT2D eigenvalue weighted by Crippen LogP contribution is -2.30. The first kappa shape index (κ1) is 29.5. The van der Waals surface area contributed by atoms with Gasteiger partial charge in [-0.25, -0.2) is 9.48 Å². The first-order valence-electron chi connectivity index (χ1n) is 13.6. The van der Waals surface area contributed by atoms with Crippen LogP contribution in [0.25, 0.3) is 0 Å². The molecule has 3 aromatic carbocycles. The Morgan fingerprint density at radius 1 is 1.05 bits per heavy atom. The van der Waals surface area contributed by atoms with Crippen molar-refractivity contribution in [3.63, 3.8) is 0 Å². The van der Waals surface area contributed by atoms with E-state index < -0.39 is 12.0 Å². The van der Waals surface area contributed by atoms with Gasteiger partial charge in [-0.3, -0.25) is 0 Å². The van der Waals surface area contributed by atoms with E-state index >= 15 is 0 Å². The number of hydrogen-bond acceptors (Lipinski definition) is 8. The van der Waals surface area contributed by atoms with Gasteiger partial charge in [-0.1, -0.05) is 71.9 Å². The lowest BCUT2D eigenvalue weighted by molar-refractivity contribution is -0.143. The number of benzene rings is 3. The second kappa shape index (κ2) is 12.9. The summed E-state index contributed by atoms with van der Waals surface area (Å²) in [5.41, 5.74) is 5.10. The van der Waals surface area contributed by atoms with Gasteiger partial charge in [0.25, 0.3) is 0 Å². The highest BCUT2D eigenvalue weighted by Crippen LogP contribution is 2.40. The van der Waals surface area contributed by atoms with Crippen LogP contribution in [0.15, 0.2) is 83.2 Å². The molecular formula is C32H33ClN4O4S. The van der Waals surface area contributed by atoms with E-state index in [9.17, 15) is 4.79 Å². The van der Waals surface area contributed by atoms with Crippen LogP contribution in [0, 0.1) is 6.92 Å². The van der Waals surface area contributed by atoms with Gasteiger partial charge in [-0.2, -0.15) is 4.98 Å². The summed E-state index contributed by atoms with van der Waals surface area (Å²) in [4.78, 5) is 18.1. The smallest absolute Gasteiger partial charge is 0.338 e. The number of halogens is 1. The molecule has 218 valence electrons. The van der Waals surface area contributed by atoms with E-state index in [2.05, 4.69) is 18.3 Å². The number of thioether (sulfide) groups is 1. The fourth-order valence-corrected chi connectivity index (χ4v) is 5.82. The molecule has 1 aliphatic heterocycles. The SMILES string of the molecule is COc1cc(C2C(C(=O)OC(C)C)=C(C)Nc3nc(SCc4ccccc4Cl)nn32)ccc1OCc1ccccc1C. The largest absolute Gasteiger partial charge is 0.493 e. The van der Waals surface area contributed by atoms with Gasteiger partial charge >= 0.3 is 5.97 Å². The molecule has 0 saturated heterocycles. The van der Waals surface area contributed by atoms with Crippen molar-refractivity contribution in [3.05, 3.63) is 105 Å². The zero-order valence-corrected chi connectivity index (χ0v) is 25.8. The Kier molecular flexibility index (Phi) is 9.09. The summed E-state index contributed by atoms with van der Waals surface area (Å²) >= 11 is 7.83. The highest BCUT2D eigenvalue weighted by atomic mass is 35.5. The molecule has 0 amide bonds. The van der Waals surface area contributed by atoms with E-state index in [4.69, 9.17) is 35.9 Å². The van der Waals surface area contributed by atoms with Gasteiger partial charge in [-0.05, 0) is 68.1 Å². The average Bonchev–Trinajstić information content (AvgIpc) is 3.37. The maximum absolute atomic E-state index is 13.4. The Balaban J connectivity index is 1.49. The van der Waals surface area contributed by atoms with Gasteiger partial charge in [0.15, 0.2) is 11.5 Å². The molecule has 1 aliphatic rings. The van der Waals surface area contributed by atoms with Crippen LogP contribution in [-0.2, 0) is 21.9 Å². The lowest BCUT2D eigenvalue weighted by atomic mass is 9.95. The molecule has 0 saturated carbocycles. The molecular weight excluding hydrogens is 572 g/mol. The highest BCUT2D eigenvalue weighted by molar-refractivity contribution is 7.98. The van der Waals surface area contributed by atoms with Crippen LogP contribution in [0.3, 0.4) is 0 Å². The number of rotatable bonds is 10. The van der Waals surface area contributed by atoms with Gasteiger partial charge in [0.05, 0.1) is 18.8 Å². The molecule has 8 nitrogen and oxygen atoms in total. The number of nitrogens with one attached hydrogen (secondary N) is 1. The Morgan fingerprint density at radius 3 is 2.50 bits per heavy atom. The Bertz CT molecular complexity index is 1630. The molecule has 0 radical (unpaired) electrons. The maximum atomic E-state index is 13.4. The summed E-state index contributed by atoms with van der Waals surface area (Å²) in [6, 6.07) is 20.8. The number of nitrogens with zero attached hydrogens (tertiary/aromatic N) is 3. The van der Waals surface area contributed by atoms with Crippen LogP contribution < -0.4 is 14.8 Å². The van der Waals surface area contributed by atoms with Crippen molar-refractivity contribution in [1.82, 2.24) is 14.8 Å². The second-order valence-corrected chi connectivity index (χ2v) is 11.5. The topological polar surface area (TPSA) is 87.5 Å². The quantitative estimate of drug-likeness (QED) is 0.148. The van der Waals surface area contributed by atoms with Crippen molar-refractivity contribution in [1.29, 1.82) is 0 Å². The fourth-order valence-electron chi connectivity index (χ4n) is 4.70. The van der Waals surface area contributed by atoms with Crippen LogP contribution in [0.5, 0.6) is 11.5 Å². The van der Waals surface area contributed by atoms with E-state index in [0.717, 1.165) is 22.3 Å². The molecule has 5 rings (SSSR count). The molecule has 10 heteroatoms. The zero-order chi connectivity index (χ0) is 29.8. The van der Waals surface area contributed by atoms with Gasteiger partial charge in [0.2, 0.25) is 11.1 Å². The van der Waals surface area contributed by atoms with E-state index in [1.165, 1.54) is 11.8 Å². The Labute approximate surface area is 255 Å². The Morgan fingerprint density at radius 2 is 1.79 bits per heavy atom. The number of ether oxygens (including phenoxy) is 3. The van der Waals surface area contributed by atoms with Crippen molar-refractivity contribution in [2.75, 3.05) is 12.4 Å². The third kappa shape index (κ3) is 6.42. The normalized spacial score (nSPS) is 14.4. The van der Waals surface area contributed by atoms with Crippen molar-refractivity contribution in [2.24, 2.45) is 0 Å². The predicted octanol–water partition coefficient (Wildman–Crippen LogP) is 7.36. The van der Waals surface area contributed by atoms with Crippen molar-refractivity contribution >= 4 is 35.3 Å². The number of anilines is 1. The molecule has 2 heterocycles. The van der Waals surface area contributed by atoms with Crippen LogP contribution in [-0.4, -0.2) is 33.9 Å². The van der Waals surface area contributed by atoms with Gasteiger partial charge < -0.3 is 19.5 Å². The molecule has 0 aliphatic carbocycles. The second-order valence-electron chi connectivity index (χ2n) is 10.2. The lowest BCUT2D eigenvalue weighted by Gasteiger charge is -2.29. The molecule has 42 heavy (non-hydrogen) atoms. The molecule has 1 N–H and O–H groups in total. The predicted molar refractivity (Wildman–Crippen MR) is 165 cm³/mol. The number of aromatic nitrogens is 3. The average molecular weight is 605 g/mol. The number of fused-ring (bicyclic) bond motifs is 1. The van der Waals surface area contributed by atoms with Crippen LogP contribution in [0.2, 0.25) is 5.02 Å². The van der Waals surface area contributed by atoms with Crippen molar-refractivity contribution in [3.8, 4) is 11.5 Å². The van der Waals surface area contributed by atoms with Gasteiger partial charge in [-0.15, -0.1) is 5.10 Å². The maximum Gasteiger partial charge on any atom is 0.338 e. The summed E-state index contributed by atoms with van der Waals surface area (Å²) in [6.07, 6.45) is -0.288. The number of hydrogen-bond donors (Lipinski definition) is 1. The van der Waals surface area contributed by atoms with Crippen LogP contribution >= 0.6 is 23.4 Å². The third-order valence-corrected chi connectivity index (χ3v) is 8.11. The van der Waals surface area contributed by atoms with Gasteiger partial charge in [0, 0.05) is 16.5 Å². The van der Waals surface area contributed by atoms with Gasteiger partial charge in [0.1, 0.15) is 12.6 Å². The molecule has 1 atom stereocenters. The number of carbonyl (C=O) groups is 1. The van der Waals surface area contributed by atoms with E-state index in [-0.39, 0.29) is 6.10 Å². The van der Waals surface area contributed by atoms with Crippen molar-refractivity contribution in [2.45, 2.75) is 57.4 Å². The Hall–Kier alpha value is -3.95. The number of carbonyl (C=O) groups excluding carboxylic acids is 1. The van der Waals surface area contributed by atoms with E-state index in [1.54, 1.807) is 11.8 Å². The van der Waals surface area contributed by atoms with Crippen molar-refractivity contribution < 1.29 is 19.0 Å². The minimum atomic E-state index is -0.603. The third-order valence-electron chi connectivity index (χ3n) is 6.86. The minimum Gasteiger partial charge on any atom is -0.493 e. The summed E-state index contributed by atoms with van der Waals surface area (Å²) in [5.74, 6) is 1.84. The fraction of sp³-hybridized carbons (Fsp3) is 0.281. The van der Waals surface area contributed by atoms with Crippen LogP contribution in [0.1, 0.15) is 49.1 Å². The molecule has 1 unspecified atom stereocenters. The summed E-state index contributed by atoms with van der Waals surface area (Å²) in [7, 11) is 1.60. The molecule has 1 aromatic heterocycles. The number of esters is 1. The standard InChI is InChI=1S/C32H33ClN4O4S/c1-19(2)41-30(38)28-21(4)34-31-35-32(42-18-24-12-8-9-13-25(24)33)36-37(31)29(28)22-14-15-26(27(16-22)39-5)40-17-23-11-7-6-10-20(23)3/h6-16,19,29H,17-18H2,1-5H3,(H,34,35,36). The highest BCUT2D eigenvalue weighted by Gasteiger charge is 2.36. The summed E-state index contributed by atoms with van der Waals surface area (Å²) < 4.78 is 19.3. The molecule has 0 fully saturated rings. The number of methoxy groups -OCH3 is 1. The zero-order valence-electron chi connectivity index (χ0n) is 24.2. The monoisotopic (exact) mass is 604 g/mol. The molecule has 0 bridgehead atoms. The summed E-state index contributed by atoms with van der Waals surface area (Å²) in [5, 5.41) is 9.31. The molecule has 0 spiro atoms. The summed E-state index contributed by atoms with van der Waals surface area (Å²) in [6.45, 7) is 7.95. The van der Waals surface area contributed by atoms with E-state index in [1.807, 2.05) is 81.4 Å². The number of aryl methyl sites for hydroxylation is 1.